The van der Waals surface area contributed by atoms with E-state index in [-0.39, 0.29) is 0 Å². The number of nitrogens with zero attached hydrogens (tertiary/aromatic N) is 2. The van der Waals surface area contributed by atoms with E-state index in [0.29, 0.717) is 11.8 Å². The Balaban J connectivity index is 1.28. The lowest BCUT2D eigenvalue weighted by molar-refractivity contribution is 0.198. The Morgan fingerprint density at radius 1 is 0.639 bits per heavy atom. The van der Waals surface area contributed by atoms with Gasteiger partial charge in [0.25, 0.3) is 0 Å². The fraction of sp³-hybridized carbons (Fsp3) is 0.697. The van der Waals surface area contributed by atoms with Crippen LogP contribution in [0.1, 0.15) is 139 Å². The van der Waals surface area contributed by atoms with E-state index >= 15 is 0 Å². The van der Waals surface area contributed by atoms with Crippen molar-refractivity contribution in [2.75, 3.05) is 6.61 Å². The summed E-state index contributed by atoms with van der Waals surface area (Å²) in [5, 5.41) is 0. The molecule has 3 rings (SSSR count). The molecule has 1 fully saturated rings. The predicted molar refractivity (Wildman–Crippen MR) is 153 cm³/mol. The third-order valence-electron chi connectivity index (χ3n) is 7.98. The van der Waals surface area contributed by atoms with Crippen molar-refractivity contribution >= 4 is 0 Å². The first-order valence-corrected chi connectivity index (χ1v) is 15.3. The van der Waals surface area contributed by atoms with E-state index in [0.717, 1.165) is 24.6 Å². The summed E-state index contributed by atoms with van der Waals surface area (Å²) < 4.78 is 6.15. The lowest BCUT2D eigenvalue weighted by Crippen LogP contribution is -2.20. The van der Waals surface area contributed by atoms with Gasteiger partial charge in [-0.1, -0.05) is 90.2 Å². The molecule has 1 aliphatic carbocycles. The molecule has 0 amide bonds. The van der Waals surface area contributed by atoms with Crippen LogP contribution in [0.4, 0.5) is 0 Å². The highest BCUT2D eigenvalue weighted by Crippen LogP contribution is 2.34. The Labute approximate surface area is 221 Å². The molecule has 1 saturated carbocycles. The Morgan fingerprint density at radius 2 is 1.17 bits per heavy atom. The minimum atomic E-state index is 0.519. The van der Waals surface area contributed by atoms with Gasteiger partial charge in [-0.05, 0) is 80.5 Å². The first-order valence-electron chi connectivity index (χ1n) is 15.3. The van der Waals surface area contributed by atoms with Crippen LogP contribution in [-0.4, -0.2) is 16.6 Å². The van der Waals surface area contributed by atoms with Crippen molar-refractivity contribution in [1.29, 1.82) is 0 Å². The molecular weight excluding hydrogens is 440 g/mol. The van der Waals surface area contributed by atoms with E-state index in [4.69, 9.17) is 14.7 Å². The number of aromatic nitrogens is 2. The zero-order valence-electron chi connectivity index (χ0n) is 23.4. The third-order valence-corrected chi connectivity index (χ3v) is 7.98. The number of rotatable bonds is 18. The van der Waals surface area contributed by atoms with Crippen LogP contribution in [-0.2, 0) is 12.8 Å². The van der Waals surface area contributed by atoms with E-state index in [1.54, 1.807) is 0 Å². The molecular formula is C33H52N2O. The van der Waals surface area contributed by atoms with Crippen LogP contribution >= 0.6 is 0 Å². The van der Waals surface area contributed by atoms with Gasteiger partial charge in [-0.15, -0.1) is 0 Å². The first kappa shape index (κ1) is 28.7. The minimum Gasteiger partial charge on any atom is -0.493 e. The lowest BCUT2D eigenvalue weighted by atomic mass is 9.82. The first-order chi connectivity index (χ1) is 17.8. The van der Waals surface area contributed by atoms with Crippen molar-refractivity contribution in [3.05, 3.63) is 53.6 Å². The molecule has 0 bridgehead atoms. The van der Waals surface area contributed by atoms with Gasteiger partial charge in [0.15, 0.2) is 0 Å². The van der Waals surface area contributed by atoms with E-state index in [1.165, 1.54) is 120 Å². The Hall–Kier alpha value is -1.90. The SMILES string of the molecule is CCCCCCCCCCc1cnc([C@H]2CC[C@H](COc3ccc(CCCCCC)cc3)CC2)nc1. The van der Waals surface area contributed by atoms with E-state index < -0.39 is 0 Å². The normalized spacial score (nSPS) is 17.8. The average Bonchev–Trinajstić information content (AvgIpc) is 2.93. The minimum absolute atomic E-state index is 0.519. The zero-order chi connectivity index (χ0) is 25.3. The molecule has 200 valence electrons. The summed E-state index contributed by atoms with van der Waals surface area (Å²) in [4.78, 5) is 9.53. The van der Waals surface area contributed by atoms with E-state index in [1.807, 2.05) is 0 Å². The van der Waals surface area contributed by atoms with Crippen LogP contribution < -0.4 is 4.74 Å². The topological polar surface area (TPSA) is 35.0 Å². The van der Waals surface area contributed by atoms with E-state index in [2.05, 4.69) is 50.5 Å². The maximum absolute atomic E-state index is 6.15. The fourth-order valence-electron chi connectivity index (χ4n) is 5.48. The molecule has 1 aromatic carbocycles. The molecule has 1 aliphatic rings. The molecule has 36 heavy (non-hydrogen) atoms. The second kappa shape index (κ2) is 17.5. The Morgan fingerprint density at radius 3 is 1.78 bits per heavy atom. The zero-order valence-corrected chi connectivity index (χ0v) is 23.4. The number of hydrogen-bond donors (Lipinski definition) is 0. The fourth-order valence-corrected chi connectivity index (χ4v) is 5.48. The van der Waals surface area contributed by atoms with Gasteiger partial charge in [-0.3, -0.25) is 0 Å². The van der Waals surface area contributed by atoms with Crippen LogP contribution in [0.3, 0.4) is 0 Å². The maximum atomic E-state index is 6.15. The van der Waals surface area contributed by atoms with Gasteiger partial charge in [-0.25, -0.2) is 9.97 Å². The summed E-state index contributed by atoms with van der Waals surface area (Å²) in [6.45, 7) is 5.38. The molecule has 0 radical (unpaired) electrons. The third kappa shape index (κ3) is 11.0. The summed E-state index contributed by atoms with van der Waals surface area (Å²) in [5.41, 5.74) is 2.74. The highest BCUT2D eigenvalue weighted by molar-refractivity contribution is 5.27. The number of unbranched alkanes of at least 4 members (excludes halogenated alkanes) is 10. The van der Waals surface area contributed by atoms with Gasteiger partial charge >= 0.3 is 0 Å². The van der Waals surface area contributed by atoms with Crippen LogP contribution in [0.2, 0.25) is 0 Å². The Kier molecular flexibility index (Phi) is 14.0. The molecule has 3 heteroatoms. The largest absolute Gasteiger partial charge is 0.493 e. The molecule has 2 aromatic rings. The van der Waals surface area contributed by atoms with E-state index in [9.17, 15) is 0 Å². The predicted octanol–water partition coefficient (Wildman–Crippen LogP) is 9.64. The molecule has 0 N–H and O–H groups in total. The van der Waals surface area contributed by atoms with Crippen molar-refractivity contribution in [2.24, 2.45) is 5.92 Å². The molecule has 0 atom stereocenters. The van der Waals surface area contributed by atoms with Crippen LogP contribution in [0.25, 0.3) is 0 Å². The highest BCUT2D eigenvalue weighted by Gasteiger charge is 2.24. The number of hydrogen-bond acceptors (Lipinski definition) is 3. The standard InChI is InChI=1S/C33H52N2O/c1-3-5-7-9-10-11-12-14-16-30-25-34-33(35-26-30)31-21-17-29(18-22-31)27-36-32-23-19-28(20-24-32)15-13-8-6-4-2/h19-20,23-26,29,31H,3-18,21-22,27H2,1-2H3/t29-,31-. The summed E-state index contributed by atoms with van der Waals surface area (Å²) in [5.74, 6) is 3.25. The van der Waals surface area contributed by atoms with Gasteiger partial charge in [0.1, 0.15) is 11.6 Å². The van der Waals surface area contributed by atoms with Crippen LogP contribution in [0.5, 0.6) is 5.75 Å². The molecule has 3 nitrogen and oxygen atoms in total. The van der Waals surface area contributed by atoms with Crippen LogP contribution in [0.15, 0.2) is 36.7 Å². The highest BCUT2D eigenvalue weighted by atomic mass is 16.5. The molecule has 0 aliphatic heterocycles. The molecule has 1 heterocycles. The van der Waals surface area contributed by atoms with Gasteiger partial charge in [0.05, 0.1) is 6.61 Å². The van der Waals surface area contributed by atoms with Crippen molar-refractivity contribution in [3.8, 4) is 5.75 Å². The number of aryl methyl sites for hydroxylation is 2. The summed E-state index contributed by atoms with van der Waals surface area (Å²) in [6.07, 6.45) is 27.5. The molecule has 0 saturated heterocycles. The molecule has 0 spiro atoms. The second-order valence-corrected chi connectivity index (χ2v) is 11.2. The van der Waals surface area contributed by atoms with Crippen LogP contribution in [0, 0.1) is 5.92 Å². The Bertz CT molecular complexity index is 793. The van der Waals surface area contributed by atoms with Crippen molar-refractivity contribution < 1.29 is 4.74 Å². The van der Waals surface area contributed by atoms with Crippen molar-refractivity contribution in [1.82, 2.24) is 9.97 Å². The van der Waals surface area contributed by atoms with Crippen molar-refractivity contribution in [2.45, 2.75) is 135 Å². The maximum Gasteiger partial charge on any atom is 0.131 e. The summed E-state index contributed by atoms with van der Waals surface area (Å²) in [6, 6.07) is 8.80. The monoisotopic (exact) mass is 492 g/mol. The summed E-state index contributed by atoms with van der Waals surface area (Å²) >= 11 is 0. The summed E-state index contributed by atoms with van der Waals surface area (Å²) in [7, 11) is 0. The van der Waals surface area contributed by atoms with Gasteiger partial charge in [0.2, 0.25) is 0 Å². The smallest absolute Gasteiger partial charge is 0.131 e. The molecule has 1 aromatic heterocycles. The van der Waals surface area contributed by atoms with Gasteiger partial charge in [0, 0.05) is 18.3 Å². The second-order valence-electron chi connectivity index (χ2n) is 11.2. The number of benzene rings is 1. The average molecular weight is 493 g/mol. The molecule has 0 unspecified atom stereocenters. The quantitative estimate of drug-likeness (QED) is 0.194. The number of ether oxygens (including phenoxy) is 1. The van der Waals surface area contributed by atoms with Gasteiger partial charge in [-0.2, -0.15) is 0 Å². The van der Waals surface area contributed by atoms with Crippen molar-refractivity contribution in [3.63, 3.8) is 0 Å². The lowest BCUT2D eigenvalue weighted by Gasteiger charge is -2.27. The van der Waals surface area contributed by atoms with Gasteiger partial charge < -0.3 is 4.74 Å².